The van der Waals surface area contributed by atoms with Gasteiger partial charge in [-0.25, -0.2) is 4.98 Å². The highest BCUT2D eigenvalue weighted by Gasteiger charge is 2.16. The van der Waals surface area contributed by atoms with Crippen LogP contribution < -0.4 is 0 Å². The van der Waals surface area contributed by atoms with Crippen molar-refractivity contribution >= 4 is 54.2 Å². The second-order valence-electron chi connectivity index (χ2n) is 5.25. The number of hydrogen-bond donors (Lipinski definition) is 0. The second-order valence-corrected chi connectivity index (χ2v) is 8.04. The lowest BCUT2D eigenvalue weighted by Crippen LogP contribution is -1.91. The molecule has 4 rings (SSSR count). The van der Waals surface area contributed by atoms with Gasteiger partial charge in [0.2, 0.25) is 0 Å². The Morgan fingerprint density at radius 3 is 2.30 bits per heavy atom. The first-order valence-electron chi connectivity index (χ1n) is 7.11. The van der Waals surface area contributed by atoms with Crippen molar-refractivity contribution < 1.29 is 0 Å². The van der Waals surface area contributed by atoms with Gasteiger partial charge in [0, 0.05) is 20.9 Å². The SMILES string of the molecule is Cn1c(-c2ccc(-c3ccccc3)s2)nc2c(Br)ccc(Br)c21. The highest BCUT2D eigenvalue weighted by Crippen LogP contribution is 2.37. The van der Waals surface area contributed by atoms with Gasteiger partial charge in [-0.05, 0) is 61.7 Å². The van der Waals surface area contributed by atoms with Gasteiger partial charge in [-0.2, -0.15) is 0 Å². The molecule has 2 aromatic carbocycles. The van der Waals surface area contributed by atoms with Gasteiger partial charge in [0.25, 0.3) is 0 Å². The molecule has 2 heterocycles. The number of imidazole rings is 1. The van der Waals surface area contributed by atoms with E-state index in [4.69, 9.17) is 4.98 Å². The molecule has 0 amide bonds. The zero-order valence-corrected chi connectivity index (χ0v) is 16.2. The van der Waals surface area contributed by atoms with Crippen LogP contribution in [-0.4, -0.2) is 9.55 Å². The van der Waals surface area contributed by atoms with Crippen LogP contribution in [0.4, 0.5) is 0 Å². The normalized spacial score (nSPS) is 11.3. The molecule has 0 radical (unpaired) electrons. The molecule has 114 valence electrons. The Labute approximate surface area is 155 Å². The smallest absolute Gasteiger partial charge is 0.151 e. The van der Waals surface area contributed by atoms with E-state index in [1.165, 1.54) is 15.3 Å². The van der Waals surface area contributed by atoms with Crippen molar-refractivity contribution in [1.29, 1.82) is 0 Å². The first-order valence-corrected chi connectivity index (χ1v) is 9.51. The van der Waals surface area contributed by atoms with Crippen LogP contribution in [0, 0.1) is 0 Å². The summed E-state index contributed by atoms with van der Waals surface area (Å²) >= 11 is 9.00. The average molecular weight is 448 g/mol. The van der Waals surface area contributed by atoms with E-state index in [1.54, 1.807) is 11.3 Å². The van der Waals surface area contributed by atoms with Crippen LogP contribution >= 0.6 is 43.2 Å². The number of rotatable bonds is 2. The summed E-state index contributed by atoms with van der Waals surface area (Å²) in [6.07, 6.45) is 0. The van der Waals surface area contributed by atoms with E-state index in [9.17, 15) is 0 Å². The number of aryl methyl sites for hydroxylation is 1. The predicted molar refractivity (Wildman–Crippen MR) is 105 cm³/mol. The molecule has 0 saturated heterocycles. The minimum atomic E-state index is 0.978. The third kappa shape index (κ3) is 2.57. The van der Waals surface area contributed by atoms with Gasteiger partial charge in [-0.1, -0.05) is 30.3 Å². The number of fused-ring (bicyclic) bond motifs is 1. The molecule has 0 aliphatic rings. The Morgan fingerprint density at radius 1 is 0.870 bits per heavy atom. The Balaban J connectivity index is 1.88. The summed E-state index contributed by atoms with van der Waals surface area (Å²) in [4.78, 5) is 7.27. The Bertz CT molecular complexity index is 1000. The number of thiophene rings is 1. The summed E-state index contributed by atoms with van der Waals surface area (Å²) in [5.41, 5.74) is 3.32. The highest BCUT2D eigenvalue weighted by atomic mass is 79.9. The van der Waals surface area contributed by atoms with Gasteiger partial charge >= 0.3 is 0 Å². The number of nitrogens with zero attached hydrogens (tertiary/aromatic N) is 2. The van der Waals surface area contributed by atoms with Crippen molar-refractivity contribution in [2.75, 3.05) is 0 Å². The first-order chi connectivity index (χ1) is 11.1. The van der Waals surface area contributed by atoms with E-state index < -0.39 is 0 Å². The fourth-order valence-corrected chi connectivity index (χ4v) is 4.71. The molecule has 0 spiro atoms. The van der Waals surface area contributed by atoms with Crippen molar-refractivity contribution in [3.8, 4) is 21.1 Å². The maximum atomic E-state index is 4.85. The van der Waals surface area contributed by atoms with Gasteiger partial charge < -0.3 is 4.57 Å². The van der Waals surface area contributed by atoms with Crippen LogP contribution in [0.25, 0.3) is 32.2 Å². The molecule has 0 aliphatic heterocycles. The minimum absolute atomic E-state index is 0.978. The van der Waals surface area contributed by atoms with Crippen LogP contribution in [0.1, 0.15) is 0 Å². The molecule has 4 aromatic rings. The topological polar surface area (TPSA) is 17.8 Å². The van der Waals surface area contributed by atoms with Crippen molar-refractivity contribution in [1.82, 2.24) is 9.55 Å². The maximum Gasteiger partial charge on any atom is 0.151 e. The molecular formula is C18H12Br2N2S. The number of halogens is 2. The van der Waals surface area contributed by atoms with Crippen LogP contribution in [0.3, 0.4) is 0 Å². The van der Waals surface area contributed by atoms with Gasteiger partial charge in [-0.3, -0.25) is 0 Å². The van der Waals surface area contributed by atoms with Crippen LogP contribution in [0.2, 0.25) is 0 Å². The summed E-state index contributed by atoms with van der Waals surface area (Å²) in [5.74, 6) is 0.986. The summed E-state index contributed by atoms with van der Waals surface area (Å²) in [6.45, 7) is 0. The third-order valence-corrected chi connectivity index (χ3v) is 6.22. The summed E-state index contributed by atoms with van der Waals surface area (Å²) in [5, 5.41) is 0. The minimum Gasteiger partial charge on any atom is -0.325 e. The Hall–Kier alpha value is -1.43. The quantitative estimate of drug-likeness (QED) is 0.343. The van der Waals surface area contributed by atoms with Gasteiger partial charge in [0.15, 0.2) is 5.82 Å². The number of hydrogen-bond acceptors (Lipinski definition) is 2. The van der Waals surface area contributed by atoms with Crippen molar-refractivity contribution in [2.45, 2.75) is 0 Å². The molecular weight excluding hydrogens is 436 g/mol. The molecule has 0 saturated carbocycles. The Kier molecular flexibility index (Phi) is 3.87. The molecule has 0 fully saturated rings. The van der Waals surface area contributed by atoms with Crippen molar-refractivity contribution in [3.63, 3.8) is 0 Å². The monoisotopic (exact) mass is 446 g/mol. The molecule has 2 aromatic heterocycles. The zero-order valence-electron chi connectivity index (χ0n) is 12.3. The molecule has 5 heteroatoms. The molecule has 0 aliphatic carbocycles. The largest absolute Gasteiger partial charge is 0.325 e. The Morgan fingerprint density at radius 2 is 1.57 bits per heavy atom. The lowest BCUT2D eigenvalue weighted by atomic mass is 10.2. The molecule has 0 bridgehead atoms. The lowest BCUT2D eigenvalue weighted by Gasteiger charge is -2.01. The molecule has 2 nitrogen and oxygen atoms in total. The van der Waals surface area contributed by atoms with Crippen LogP contribution in [-0.2, 0) is 7.05 Å². The lowest BCUT2D eigenvalue weighted by molar-refractivity contribution is 0.961. The second kappa shape index (κ2) is 5.89. The fourth-order valence-electron chi connectivity index (χ4n) is 2.68. The van der Waals surface area contributed by atoms with E-state index in [2.05, 4.69) is 79.9 Å². The fraction of sp³-hybridized carbons (Fsp3) is 0.0556. The van der Waals surface area contributed by atoms with E-state index in [0.717, 1.165) is 25.8 Å². The maximum absolute atomic E-state index is 4.85. The van der Waals surface area contributed by atoms with Crippen LogP contribution in [0.5, 0.6) is 0 Å². The van der Waals surface area contributed by atoms with E-state index in [-0.39, 0.29) is 0 Å². The van der Waals surface area contributed by atoms with Crippen molar-refractivity contribution in [2.24, 2.45) is 7.05 Å². The van der Waals surface area contributed by atoms with E-state index >= 15 is 0 Å². The van der Waals surface area contributed by atoms with Gasteiger partial charge in [0.05, 0.1) is 10.4 Å². The third-order valence-electron chi connectivity index (χ3n) is 3.81. The number of aromatic nitrogens is 2. The first kappa shape index (κ1) is 15.1. The zero-order chi connectivity index (χ0) is 16.0. The van der Waals surface area contributed by atoms with Crippen LogP contribution in [0.15, 0.2) is 63.5 Å². The molecule has 0 N–H and O–H groups in total. The molecule has 0 unspecified atom stereocenters. The van der Waals surface area contributed by atoms with E-state index in [0.29, 0.717) is 0 Å². The van der Waals surface area contributed by atoms with Crippen molar-refractivity contribution in [3.05, 3.63) is 63.5 Å². The van der Waals surface area contributed by atoms with E-state index in [1.807, 2.05) is 18.2 Å². The number of benzene rings is 2. The molecule has 0 atom stereocenters. The average Bonchev–Trinajstić information content (AvgIpc) is 3.17. The summed E-state index contributed by atoms with van der Waals surface area (Å²) in [7, 11) is 2.06. The highest BCUT2D eigenvalue weighted by molar-refractivity contribution is 9.11. The van der Waals surface area contributed by atoms with Gasteiger partial charge in [-0.15, -0.1) is 11.3 Å². The molecule has 23 heavy (non-hydrogen) atoms. The summed E-state index contributed by atoms with van der Waals surface area (Å²) < 4.78 is 4.21. The predicted octanol–water partition coefficient (Wildman–Crippen LogP) is 6.49. The van der Waals surface area contributed by atoms with Gasteiger partial charge in [0.1, 0.15) is 5.52 Å². The standard InChI is InChI=1S/C18H12Br2N2S/c1-22-17-13(20)8-7-12(19)16(17)21-18(22)15-10-9-14(23-15)11-5-3-2-4-6-11/h2-10H,1H3. The summed E-state index contributed by atoms with van der Waals surface area (Å²) in [6, 6.07) is 18.8.